The molecule has 0 spiro atoms. The molecule has 4 aromatic rings. The van der Waals surface area contributed by atoms with Crippen molar-refractivity contribution in [3.63, 3.8) is 0 Å². The van der Waals surface area contributed by atoms with Gasteiger partial charge >= 0.3 is 0 Å². The zero-order valence-corrected chi connectivity index (χ0v) is 21.6. The highest BCUT2D eigenvalue weighted by molar-refractivity contribution is 6.10. The predicted molar refractivity (Wildman–Crippen MR) is 141 cm³/mol. The molecule has 0 saturated heterocycles. The number of H-pyrrole nitrogens is 2. The fourth-order valence-electron chi connectivity index (χ4n) is 4.72. The van der Waals surface area contributed by atoms with Gasteiger partial charge < -0.3 is 24.7 Å². The third kappa shape index (κ3) is 4.18. The van der Waals surface area contributed by atoms with Gasteiger partial charge in [-0.15, -0.1) is 0 Å². The van der Waals surface area contributed by atoms with Crippen molar-refractivity contribution in [1.82, 2.24) is 20.2 Å². The number of ether oxygens (including phenoxy) is 2. The van der Waals surface area contributed by atoms with Crippen LogP contribution in [-0.2, 0) is 10.2 Å². The van der Waals surface area contributed by atoms with E-state index in [1.807, 2.05) is 46.8 Å². The van der Waals surface area contributed by atoms with Crippen molar-refractivity contribution in [2.24, 2.45) is 0 Å². The van der Waals surface area contributed by atoms with E-state index in [9.17, 15) is 9.59 Å². The second-order valence-corrected chi connectivity index (χ2v) is 9.31. The standard InChI is InChI=1S/C27H30N6O4/c1-6-33-22-13-20-19(12-18(22)27(4,5)26(33)35)29-24(30-20)23-21(14-28-32-23)31-25(34)15-9-16(36-7-2)11-17(10-15)37-8-3/h9-14H,6-8H2,1-5H3,(H,28,32)(H,29,30)(H,31,34). The third-order valence-corrected chi connectivity index (χ3v) is 6.54. The summed E-state index contributed by atoms with van der Waals surface area (Å²) in [6.45, 7) is 11.1. The summed E-state index contributed by atoms with van der Waals surface area (Å²) >= 11 is 0. The Balaban J connectivity index is 1.47. The molecule has 1 aliphatic rings. The van der Waals surface area contributed by atoms with E-state index in [1.165, 1.54) is 0 Å². The Kier molecular flexibility index (Phi) is 6.10. The Hall–Kier alpha value is -4.34. The lowest BCUT2D eigenvalue weighted by Gasteiger charge is -2.18. The van der Waals surface area contributed by atoms with Crippen molar-refractivity contribution in [3.8, 4) is 23.0 Å². The molecule has 0 aliphatic carbocycles. The van der Waals surface area contributed by atoms with Crippen LogP contribution < -0.4 is 19.7 Å². The van der Waals surface area contributed by atoms with E-state index in [1.54, 1.807) is 29.3 Å². The van der Waals surface area contributed by atoms with Crippen LogP contribution in [0.4, 0.5) is 11.4 Å². The molecule has 0 radical (unpaired) electrons. The van der Waals surface area contributed by atoms with Crippen LogP contribution in [0.15, 0.2) is 36.5 Å². The summed E-state index contributed by atoms with van der Waals surface area (Å²) in [5, 5.41) is 10.1. The monoisotopic (exact) mass is 502 g/mol. The first-order valence-corrected chi connectivity index (χ1v) is 12.4. The fourth-order valence-corrected chi connectivity index (χ4v) is 4.72. The van der Waals surface area contributed by atoms with Gasteiger partial charge in [0.25, 0.3) is 5.91 Å². The largest absolute Gasteiger partial charge is 0.494 e. The van der Waals surface area contributed by atoms with E-state index in [0.29, 0.717) is 59.5 Å². The number of aromatic nitrogens is 4. The SMILES string of the molecule is CCOc1cc(OCC)cc(C(=O)Nc2c[nH]nc2-c2nc3cc4c(cc3[nH]2)C(C)(C)C(=O)N4CC)c1. The first-order valence-electron chi connectivity index (χ1n) is 12.4. The summed E-state index contributed by atoms with van der Waals surface area (Å²) in [7, 11) is 0. The van der Waals surface area contributed by atoms with Gasteiger partial charge in [-0.25, -0.2) is 4.98 Å². The van der Waals surface area contributed by atoms with Crippen LogP contribution in [-0.4, -0.2) is 51.7 Å². The number of hydrogen-bond acceptors (Lipinski definition) is 6. The number of likely N-dealkylation sites (N-methyl/N-ethyl adjacent to an activating group) is 1. The topological polar surface area (TPSA) is 125 Å². The second-order valence-electron chi connectivity index (χ2n) is 9.31. The number of carbonyl (C=O) groups excluding carboxylic acids is 2. The molecule has 0 bridgehead atoms. The van der Waals surface area contributed by atoms with Crippen molar-refractivity contribution in [3.05, 3.63) is 47.7 Å². The first-order chi connectivity index (χ1) is 17.8. The summed E-state index contributed by atoms with van der Waals surface area (Å²) in [5.74, 6) is 1.36. The number of carbonyl (C=O) groups is 2. The second kappa shape index (κ2) is 9.27. The summed E-state index contributed by atoms with van der Waals surface area (Å²) in [4.78, 5) is 35.8. The predicted octanol–water partition coefficient (Wildman–Crippen LogP) is 4.65. The summed E-state index contributed by atoms with van der Waals surface area (Å²) in [6, 6.07) is 9.01. The highest BCUT2D eigenvalue weighted by Gasteiger charge is 2.43. The molecule has 37 heavy (non-hydrogen) atoms. The minimum absolute atomic E-state index is 0.0797. The molecule has 0 saturated carbocycles. The molecule has 2 aromatic carbocycles. The lowest BCUT2D eigenvalue weighted by molar-refractivity contribution is -0.122. The van der Waals surface area contributed by atoms with E-state index >= 15 is 0 Å². The first kappa shape index (κ1) is 24.4. The maximum Gasteiger partial charge on any atom is 0.256 e. The maximum atomic E-state index is 13.2. The van der Waals surface area contributed by atoms with Crippen LogP contribution in [0.25, 0.3) is 22.6 Å². The normalized spacial score (nSPS) is 14.2. The Morgan fingerprint density at radius 3 is 2.41 bits per heavy atom. The van der Waals surface area contributed by atoms with Crippen molar-refractivity contribution in [1.29, 1.82) is 0 Å². The minimum atomic E-state index is -0.618. The average molecular weight is 503 g/mol. The molecule has 10 nitrogen and oxygen atoms in total. The lowest BCUT2D eigenvalue weighted by atomic mass is 9.86. The smallest absolute Gasteiger partial charge is 0.256 e. The van der Waals surface area contributed by atoms with E-state index in [-0.39, 0.29) is 11.8 Å². The molecule has 0 fully saturated rings. The van der Waals surface area contributed by atoms with Gasteiger partial charge in [-0.2, -0.15) is 5.10 Å². The van der Waals surface area contributed by atoms with Gasteiger partial charge in [-0.1, -0.05) is 0 Å². The van der Waals surface area contributed by atoms with Gasteiger partial charge in [0.2, 0.25) is 5.91 Å². The lowest BCUT2D eigenvalue weighted by Crippen LogP contribution is -2.35. The number of hydrogen-bond donors (Lipinski definition) is 3. The molecule has 3 heterocycles. The molecule has 192 valence electrons. The zero-order chi connectivity index (χ0) is 26.3. The van der Waals surface area contributed by atoms with Gasteiger partial charge in [0.05, 0.1) is 41.0 Å². The van der Waals surface area contributed by atoms with E-state index in [2.05, 4.69) is 20.5 Å². The maximum absolute atomic E-state index is 13.2. The number of imidazole rings is 1. The number of nitrogens with zero attached hydrogens (tertiary/aromatic N) is 3. The summed E-state index contributed by atoms with van der Waals surface area (Å²) in [6.07, 6.45) is 1.61. The number of amides is 2. The van der Waals surface area contributed by atoms with Crippen molar-refractivity contribution in [2.45, 2.75) is 40.0 Å². The highest BCUT2D eigenvalue weighted by Crippen LogP contribution is 2.43. The van der Waals surface area contributed by atoms with E-state index in [0.717, 1.165) is 16.8 Å². The van der Waals surface area contributed by atoms with Crippen LogP contribution in [0, 0.1) is 0 Å². The molecular formula is C27H30N6O4. The van der Waals surface area contributed by atoms with Crippen molar-refractivity contribution < 1.29 is 19.1 Å². The number of anilines is 2. The molecule has 10 heteroatoms. The van der Waals surface area contributed by atoms with Crippen LogP contribution >= 0.6 is 0 Å². The molecule has 5 rings (SSSR count). The number of aromatic amines is 2. The van der Waals surface area contributed by atoms with Crippen molar-refractivity contribution in [2.75, 3.05) is 30.0 Å². The molecular weight excluding hydrogens is 472 g/mol. The van der Waals surface area contributed by atoms with Gasteiger partial charge in [0, 0.05) is 24.4 Å². The summed E-state index contributed by atoms with van der Waals surface area (Å²) in [5.41, 5.74) is 4.05. The quantitative estimate of drug-likeness (QED) is 0.322. The van der Waals surface area contributed by atoms with E-state index in [4.69, 9.17) is 14.5 Å². The highest BCUT2D eigenvalue weighted by atomic mass is 16.5. The van der Waals surface area contributed by atoms with E-state index < -0.39 is 5.41 Å². The number of rotatable bonds is 8. The fraction of sp³-hybridized carbons (Fsp3) is 0.333. The van der Waals surface area contributed by atoms with Crippen LogP contribution in [0.5, 0.6) is 11.5 Å². The average Bonchev–Trinajstić information content (AvgIpc) is 3.54. The Morgan fingerprint density at radius 1 is 1.05 bits per heavy atom. The minimum Gasteiger partial charge on any atom is -0.494 e. The number of fused-ring (bicyclic) bond motifs is 2. The third-order valence-electron chi connectivity index (χ3n) is 6.54. The van der Waals surface area contributed by atoms with Crippen molar-refractivity contribution >= 4 is 34.2 Å². The van der Waals surface area contributed by atoms with Crippen LogP contribution in [0.3, 0.4) is 0 Å². The molecule has 0 atom stereocenters. The zero-order valence-electron chi connectivity index (χ0n) is 21.6. The van der Waals surface area contributed by atoms with Crippen LogP contribution in [0.1, 0.15) is 50.5 Å². The van der Waals surface area contributed by atoms with Crippen LogP contribution in [0.2, 0.25) is 0 Å². The molecule has 2 amide bonds. The molecule has 3 N–H and O–H groups in total. The van der Waals surface area contributed by atoms with Gasteiger partial charge in [0.1, 0.15) is 11.5 Å². The molecule has 2 aromatic heterocycles. The Labute approximate surface area is 214 Å². The number of benzene rings is 2. The van der Waals surface area contributed by atoms with Gasteiger partial charge in [-0.3, -0.25) is 14.7 Å². The Morgan fingerprint density at radius 2 is 1.76 bits per heavy atom. The Bertz CT molecular complexity index is 1480. The molecule has 1 aliphatic heterocycles. The summed E-state index contributed by atoms with van der Waals surface area (Å²) < 4.78 is 11.2. The van der Waals surface area contributed by atoms with Gasteiger partial charge in [0.15, 0.2) is 11.5 Å². The van der Waals surface area contributed by atoms with Gasteiger partial charge in [-0.05, 0) is 64.4 Å². The molecule has 0 unspecified atom stereocenters. The number of nitrogens with one attached hydrogen (secondary N) is 3.